The molecule has 0 unspecified atom stereocenters. The lowest BCUT2D eigenvalue weighted by atomic mass is 10.2. The molecule has 0 atom stereocenters. The summed E-state index contributed by atoms with van der Waals surface area (Å²) in [6, 6.07) is 3.69. The molecule has 0 radical (unpaired) electrons. The van der Waals surface area contributed by atoms with Gasteiger partial charge < -0.3 is 4.74 Å². The van der Waals surface area contributed by atoms with Crippen molar-refractivity contribution in [3.8, 4) is 5.75 Å². The zero-order valence-electron chi connectivity index (χ0n) is 8.17. The Morgan fingerprint density at radius 3 is 2.69 bits per heavy atom. The van der Waals surface area contributed by atoms with E-state index < -0.39 is 0 Å². The maximum absolute atomic E-state index is 5.65. The Labute approximate surface area is 83.9 Å². The molecule has 0 aliphatic carbocycles. The second-order valence-corrected chi connectivity index (χ2v) is 4.10. The van der Waals surface area contributed by atoms with E-state index in [-0.39, 0.29) is 5.60 Å². The minimum Gasteiger partial charge on any atom is -0.488 e. The van der Waals surface area contributed by atoms with Crippen molar-refractivity contribution >= 4 is 11.6 Å². The smallest absolute Gasteiger partial charge is 0.123 e. The van der Waals surface area contributed by atoms with Gasteiger partial charge in [-0.3, -0.25) is 4.98 Å². The maximum atomic E-state index is 5.65. The molecule has 3 heteroatoms. The summed E-state index contributed by atoms with van der Waals surface area (Å²) >= 11 is 5.65. The molecular formula is C10H14ClNO. The standard InChI is InChI=1S/C10H14ClNO/c1-10(2,3)13-9-4-5-12-8(6-9)7-11/h4-6H,7H2,1-3H3. The fourth-order valence-electron chi connectivity index (χ4n) is 0.946. The highest BCUT2D eigenvalue weighted by molar-refractivity contribution is 6.16. The quantitative estimate of drug-likeness (QED) is 0.684. The van der Waals surface area contributed by atoms with E-state index in [0.29, 0.717) is 5.88 Å². The van der Waals surface area contributed by atoms with Crippen LogP contribution in [0.25, 0.3) is 0 Å². The summed E-state index contributed by atoms with van der Waals surface area (Å²) in [6.07, 6.45) is 1.71. The number of hydrogen-bond acceptors (Lipinski definition) is 2. The Balaban J connectivity index is 2.78. The molecule has 0 fully saturated rings. The van der Waals surface area contributed by atoms with Crippen LogP contribution >= 0.6 is 11.6 Å². The van der Waals surface area contributed by atoms with Crippen LogP contribution in [0, 0.1) is 0 Å². The molecule has 2 nitrogen and oxygen atoms in total. The number of nitrogens with zero attached hydrogens (tertiary/aromatic N) is 1. The predicted molar refractivity (Wildman–Crippen MR) is 54.2 cm³/mol. The molecule has 0 N–H and O–H groups in total. The minimum atomic E-state index is -0.176. The molecule has 0 aromatic carbocycles. The van der Waals surface area contributed by atoms with Crippen molar-refractivity contribution in [3.63, 3.8) is 0 Å². The van der Waals surface area contributed by atoms with Gasteiger partial charge in [0.1, 0.15) is 11.4 Å². The highest BCUT2D eigenvalue weighted by Gasteiger charge is 2.11. The molecule has 0 aliphatic heterocycles. The van der Waals surface area contributed by atoms with E-state index in [1.165, 1.54) is 0 Å². The molecule has 0 saturated heterocycles. The van der Waals surface area contributed by atoms with Gasteiger partial charge in [-0.2, -0.15) is 0 Å². The Kier molecular flexibility index (Phi) is 3.15. The first-order valence-electron chi connectivity index (χ1n) is 4.21. The van der Waals surface area contributed by atoms with Gasteiger partial charge >= 0.3 is 0 Å². The SMILES string of the molecule is CC(C)(C)Oc1ccnc(CCl)c1. The highest BCUT2D eigenvalue weighted by Crippen LogP contribution is 2.18. The normalized spacial score (nSPS) is 11.4. The number of alkyl halides is 1. The zero-order chi connectivity index (χ0) is 9.90. The maximum Gasteiger partial charge on any atom is 0.123 e. The monoisotopic (exact) mass is 199 g/mol. The molecule has 0 bridgehead atoms. The van der Waals surface area contributed by atoms with Gasteiger partial charge in [0.25, 0.3) is 0 Å². The Hall–Kier alpha value is -0.760. The van der Waals surface area contributed by atoms with Crippen molar-refractivity contribution in [2.24, 2.45) is 0 Å². The summed E-state index contributed by atoms with van der Waals surface area (Å²) in [6.45, 7) is 6.02. The lowest BCUT2D eigenvalue weighted by Gasteiger charge is -2.21. The Morgan fingerprint density at radius 2 is 2.15 bits per heavy atom. The van der Waals surface area contributed by atoms with Gasteiger partial charge in [0.2, 0.25) is 0 Å². The van der Waals surface area contributed by atoms with Crippen molar-refractivity contribution in [3.05, 3.63) is 24.0 Å². The molecule has 13 heavy (non-hydrogen) atoms. The average molecular weight is 200 g/mol. The van der Waals surface area contributed by atoms with Crippen LogP contribution in [0.3, 0.4) is 0 Å². The summed E-state index contributed by atoms with van der Waals surface area (Å²) in [5.41, 5.74) is 0.661. The third-order valence-corrected chi connectivity index (χ3v) is 1.62. The first-order chi connectivity index (χ1) is 6.01. The van der Waals surface area contributed by atoms with E-state index in [4.69, 9.17) is 16.3 Å². The molecule has 0 saturated carbocycles. The first kappa shape index (κ1) is 10.3. The van der Waals surface area contributed by atoms with Gasteiger partial charge in [-0.25, -0.2) is 0 Å². The largest absolute Gasteiger partial charge is 0.488 e. The van der Waals surface area contributed by atoms with Crippen LogP contribution in [0.4, 0.5) is 0 Å². The molecule has 1 aromatic rings. The second-order valence-electron chi connectivity index (χ2n) is 3.83. The third-order valence-electron chi connectivity index (χ3n) is 1.35. The van der Waals surface area contributed by atoms with Crippen LogP contribution in [-0.4, -0.2) is 10.6 Å². The summed E-state index contributed by atoms with van der Waals surface area (Å²) in [4.78, 5) is 4.08. The fraction of sp³-hybridized carbons (Fsp3) is 0.500. The van der Waals surface area contributed by atoms with Gasteiger partial charge in [0.15, 0.2) is 0 Å². The van der Waals surface area contributed by atoms with E-state index in [1.807, 2.05) is 32.9 Å². The van der Waals surface area contributed by atoms with Gasteiger partial charge in [0.05, 0.1) is 11.6 Å². The molecule has 0 aliphatic rings. The van der Waals surface area contributed by atoms with E-state index in [9.17, 15) is 0 Å². The first-order valence-corrected chi connectivity index (χ1v) is 4.74. The number of ether oxygens (including phenoxy) is 1. The van der Waals surface area contributed by atoms with Crippen LogP contribution in [0.1, 0.15) is 26.5 Å². The third kappa shape index (κ3) is 3.64. The molecule has 1 heterocycles. The lowest BCUT2D eigenvalue weighted by molar-refractivity contribution is 0.130. The average Bonchev–Trinajstić information content (AvgIpc) is 2.01. The molecule has 0 amide bonds. The van der Waals surface area contributed by atoms with Crippen molar-refractivity contribution < 1.29 is 4.74 Å². The second kappa shape index (κ2) is 3.97. The van der Waals surface area contributed by atoms with Gasteiger partial charge in [-0.1, -0.05) is 0 Å². The molecule has 72 valence electrons. The van der Waals surface area contributed by atoms with E-state index >= 15 is 0 Å². The van der Waals surface area contributed by atoms with Crippen molar-refractivity contribution in [1.29, 1.82) is 0 Å². The van der Waals surface area contributed by atoms with E-state index in [0.717, 1.165) is 11.4 Å². The summed E-state index contributed by atoms with van der Waals surface area (Å²) in [7, 11) is 0. The Bertz CT molecular complexity index is 280. The molecule has 0 spiro atoms. The van der Waals surface area contributed by atoms with Crippen molar-refractivity contribution in [2.45, 2.75) is 32.3 Å². The van der Waals surface area contributed by atoms with Gasteiger partial charge in [0, 0.05) is 12.3 Å². The number of rotatable bonds is 2. The van der Waals surface area contributed by atoms with Crippen LogP contribution < -0.4 is 4.74 Å². The summed E-state index contributed by atoms with van der Waals surface area (Å²) in [5.74, 6) is 1.24. The minimum absolute atomic E-state index is 0.176. The number of halogens is 1. The topological polar surface area (TPSA) is 22.1 Å². The van der Waals surface area contributed by atoms with Crippen molar-refractivity contribution in [1.82, 2.24) is 4.98 Å². The predicted octanol–water partition coefficient (Wildman–Crippen LogP) is 3.00. The lowest BCUT2D eigenvalue weighted by Crippen LogP contribution is -2.23. The Morgan fingerprint density at radius 1 is 1.46 bits per heavy atom. The number of pyridine rings is 1. The molecule has 1 aromatic heterocycles. The number of aromatic nitrogens is 1. The molecular weight excluding hydrogens is 186 g/mol. The highest BCUT2D eigenvalue weighted by atomic mass is 35.5. The summed E-state index contributed by atoms with van der Waals surface area (Å²) in [5, 5.41) is 0. The van der Waals surface area contributed by atoms with Gasteiger partial charge in [-0.15, -0.1) is 11.6 Å². The number of hydrogen-bond donors (Lipinski definition) is 0. The van der Waals surface area contributed by atoms with Crippen LogP contribution in [0.5, 0.6) is 5.75 Å². The van der Waals surface area contributed by atoms with Crippen LogP contribution in [0.15, 0.2) is 18.3 Å². The molecule has 1 rings (SSSR count). The van der Waals surface area contributed by atoms with Gasteiger partial charge in [-0.05, 0) is 26.8 Å². The summed E-state index contributed by atoms with van der Waals surface area (Å²) < 4.78 is 5.65. The van der Waals surface area contributed by atoms with Crippen LogP contribution in [0.2, 0.25) is 0 Å². The van der Waals surface area contributed by atoms with E-state index in [1.54, 1.807) is 6.20 Å². The zero-order valence-corrected chi connectivity index (χ0v) is 8.93. The van der Waals surface area contributed by atoms with Crippen LogP contribution in [-0.2, 0) is 5.88 Å². The van der Waals surface area contributed by atoms with Crippen molar-refractivity contribution in [2.75, 3.05) is 0 Å². The van der Waals surface area contributed by atoms with E-state index in [2.05, 4.69) is 4.98 Å². The fourth-order valence-corrected chi connectivity index (χ4v) is 1.09.